The Kier molecular flexibility index (Phi) is 2.69. The van der Waals surface area contributed by atoms with Crippen molar-refractivity contribution < 1.29 is 18.9 Å². The van der Waals surface area contributed by atoms with Crippen LogP contribution in [-0.2, 0) is 18.9 Å². The van der Waals surface area contributed by atoms with E-state index in [2.05, 4.69) is 6.92 Å². The minimum atomic E-state index is -0.659. The van der Waals surface area contributed by atoms with Crippen LogP contribution in [0.1, 0.15) is 13.3 Å². The van der Waals surface area contributed by atoms with Crippen LogP contribution in [-0.4, -0.2) is 44.1 Å². The average Bonchev–Trinajstić information content (AvgIpc) is 2.78. The molecule has 5 nitrogen and oxygen atoms in total. The Bertz CT molecular complexity index is 276. The first-order valence-corrected chi connectivity index (χ1v) is 5.14. The monoisotopic (exact) mass is 211 g/mol. The lowest BCUT2D eigenvalue weighted by atomic mass is 9.80. The number of hydrogen-bond donors (Lipinski definition) is 0. The first-order valence-electron chi connectivity index (χ1n) is 5.14. The van der Waals surface area contributed by atoms with Gasteiger partial charge in [-0.3, -0.25) is 14.5 Å². The third kappa shape index (κ3) is 2.50. The number of likely N-dealkylation sites (N-methyl/N-ethyl adjacent to an activating group) is 1. The highest BCUT2D eigenvalue weighted by molar-refractivity contribution is 6.52. The molecule has 1 aliphatic carbocycles. The first-order chi connectivity index (χ1) is 7.06. The Balaban J connectivity index is 2.00. The van der Waals surface area contributed by atoms with Crippen LogP contribution >= 0.6 is 0 Å². The SMILES string of the molecule is C[C@H]1CC1B1OC(=O)CN(C)CC(=O)O1. The molecule has 82 valence electrons. The molecule has 15 heavy (non-hydrogen) atoms. The van der Waals surface area contributed by atoms with Crippen molar-refractivity contribution in [2.45, 2.75) is 19.2 Å². The summed E-state index contributed by atoms with van der Waals surface area (Å²) in [5.74, 6) is 0.0252. The van der Waals surface area contributed by atoms with Gasteiger partial charge in [0.2, 0.25) is 0 Å². The van der Waals surface area contributed by atoms with E-state index in [1.807, 2.05) is 0 Å². The van der Waals surface area contributed by atoms with Crippen molar-refractivity contribution in [1.82, 2.24) is 4.90 Å². The largest absolute Gasteiger partial charge is 0.602 e. The van der Waals surface area contributed by atoms with Crippen LogP contribution in [0.2, 0.25) is 5.82 Å². The Labute approximate surface area is 88.8 Å². The van der Waals surface area contributed by atoms with Gasteiger partial charge < -0.3 is 9.31 Å². The van der Waals surface area contributed by atoms with Gasteiger partial charge in [-0.05, 0) is 19.4 Å². The van der Waals surface area contributed by atoms with Gasteiger partial charge in [-0.1, -0.05) is 6.92 Å². The van der Waals surface area contributed by atoms with Gasteiger partial charge in [0.15, 0.2) is 0 Å². The van der Waals surface area contributed by atoms with E-state index >= 15 is 0 Å². The fraction of sp³-hybridized carbons (Fsp3) is 0.778. The van der Waals surface area contributed by atoms with Crippen molar-refractivity contribution in [2.24, 2.45) is 5.92 Å². The Hall–Kier alpha value is -1.04. The lowest BCUT2D eigenvalue weighted by molar-refractivity contribution is -0.145. The zero-order valence-electron chi connectivity index (χ0n) is 8.93. The van der Waals surface area contributed by atoms with Crippen molar-refractivity contribution in [2.75, 3.05) is 20.1 Å². The van der Waals surface area contributed by atoms with Gasteiger partial charge >= 0.3 is 19.1 Å². The van der Waals surface area contributed by atoms with Crippen molar-refractivity contribution in [3.05, 3.63) is 0 Å². The minimum Gasteiger partial charge on any atom is -0.498 e. The minimum absolute atomic E-state index is 0.146. The summed E-state index contributed by atoms with van der Waals surface area (Å²) in [5, 5.41) is 0. The molecule has 0 aromatic heterocycles. The van der Waals surface area contributed by atoms with E-state index in [9.17, 15) is 9.59 Å². The highest BCUT2D eigenvalue weighted by Gasteiger charge is 2.51. The average molecular weight is 211 g/mol. The van der Waals surface area contributed by atoms with Crippen molar-refractivity contribution >= 4 is 19.1 Å². The summed E-state index contributed by atoms with van der Waals surface area (Å²) in [5.41, 5.74) is 0. The lowest BCUT2D eigenvalue weighted by Crippen LogP contribution is -2.42. The second-order valence-corrected chi connectivity index (χ2v) is 4.40. The molecule has 1 unspecified atom stereocenters. The van der Waals surface area contributed by atoms with Gasteiger partial charge in [0, 0.05) is 5.82 Å². The molecular weight excluding hydrogens is 197 g/mol. The first kappa shape index (κ1) is 10.5. The molecule has 0 N–H and O–H groups in total. The van der Waals surface area contributed by atoms with E-state index in [1.165, 1.54) is 0 Å². The van der Waals surface area contributed by atoms with Crippen molar-refractivity contribution in [1.29, 1.82) is 0 Å². The fourth-order valence-electron chi connectivity index (χ4n) is 1.76. The molecule has 1 saturated carbocycles. The standard InChI is InChI=1S/C9H14BNO4/c1-6-3-7(6)10-14-8(12)4-11(2)5-9(13)15-10/h6-7H,3-5H2,1-2H3/t6-,7?/m0/s1. The maximum atomic E-state index is 11.3. The van der Waals surface area contributed by atoms with Gasteiger partial charge in [-0.2, -0.15) is 0 Å². The third-order valence-electron chi connectivity index (χ3n) is 2.81. The van der Waals surface area contributed by atoms with Crippen LogP contribution in [0.5, 0.6) is 0 Å². The van der Waals surface area contributed by atoms with Crippen LogP contribution in [0.25, 0.3) is 0 Å². The molecule has 2 fully saturated rings. The molecule has 1 saturated heterocycles. The molecule has 0 radical (unpaired) electrons. The number of carbonyl (C=O) groups excluding carboxylic acids is 2. The van der Waals surface area contributed by atoms with E-state index in [-0.39, 0.29) is 30.8 Å². The molecule has 0 aromatic rings. The maximum absolute atomic E-state index is 11.3. The molecule has 2 atom stereocenters. The summed E-state index contributed by atoms with van der Waals surface area (Å²) in [4.78, 5) is 24.3. The van der Waals surface area contributed by atoms with E-state index in [1.54, 1.807) is 11.9 Å². The zero-order valence-corrected chi connectivity index (χ0v) is 8.93. The normalized spacial score (nSPS) is 32.8. The van der Waals surface area contributed by atoms with E-state index in [0.29, 0.717) is 5.92 Å². The Morgan fingerprint density at radius 2 is 1.73 bits per heavy atom. The summed E-state index contributed by atoms with van der Waals surface area (Å²) in [6, 6.07) is 0. The van der Waals surface area contributed by atoms with E-state index in [4.69, 9.17) is 9.31 Å². The number of hydrogen-bond acceptors (Lipinski definition) is 5. The predicted octanol–water partition coefficient (Wildman–Crippen LogP) is -0.0836. The number of nitrogens with zero attached hydrogens (tertiary/aromatic N) is 1. The van der Waals surface area contributed by atoms with Crippen molar-refractivity contribution in [3.8, 4) is 0 Å². The van der Waals surface area contributed by atoms with Crippen LogP contribution in [0.3, 0.4) is 0 Å². The van der Waals surface area contributed by atoms with Crippen LogP contribution in [0, 0.1) is 5.92 Å². The molecular formula is C9H14BNO4. The number of carbonyl (C=O) groups is 2. The summed E-state index contributed by atoms with van der Waals surface area (Å²) in [7, 11) is 1.02. The summed E-state index contributed by atoms with van der Waals surface area (Å²) >= 11 is 0. The zero-order chi connectivity index (χ0) is 11.0. The molecule has 0 amide bonds. The molecule has 0 aromatic carbocycles. The smallest absolute Gasteiger partial charge is 0.498 e. The maximum Gasteiger partial charge on any atom is 0.602 e. The Morgan fingerprint density at radius 3 is 2.13 bits per heavy atom. The highest BCUT2D eigenvalue weighted by atomic mass is 16.6. The van der Waals surface area contributed by atoms with Crippen molar-refractivity contribution in [3.63, 3.8) is 0 Å². The quantitative estimate of drug-likeness (QED) is 0.567. The molecule has 0 spiro atoms. The van der Waals surface area contributed by atoms with Crippen LogP contribution in [0.15, 0.2) is 0 Å². The van der Waals surface area contributed by atoms with Crippen LogP contribution in [0.4, 0.5) is 0 Å². The van der Waals surface area contributed by atoms with E-state index in [0.717, 1.165) is 6.42 Å². The van der Waals surface area contributed by atoms with Crippen LogP contribution < -0.4 is 0 Å². The summed E-state index contributed by atoms with van der Waals surface area (Å²) in [6.07, 6.45) is 0.959. The molecule has 1 aliphatic heterocycles. The van der Waals surface area contributed by atoms with Gasteiger partial charge in [-0.25, -0.2) is 0 Å². The second kappa shape index (κ2) is 3.85. The lowest BCUT2D eigenvalue weighted by Gasteiger charge is -2.22. The summed E-state index contributed by atoms with van der Waals surface area (Å²) < 4.78 is 10.2. The molecule has 2 rings (SSSR count). The topological polar surface area (TPSA) is 55.8 Å². The summed E-state index contributed by atoms with van der Waals surface area (Å²) in [6.45, 7) is 2.34. The van der Waals surface area contributed by atoms with Gasteiger partial charge in [0.05, 0.1) is 13.1 Å². The number of rotatable bonds is 1. The van der Waals surface area contributed by atoms with Gasteiger partial charge in [0.1, 0.15) is 0 Å². The Morgan fingerprint density at radius 1 is 1.27 bits per heavy atom. The molecule has 2 aliphatic rings. The van der Waals surface area contributed by atoms with E-state index < -0.39 is 7.12 Å². The third-order valence-corrected chi connectivity index (χ3v) is 2.81. The van der Waals surface area contributed by atoms with Gasteiger partial charge in [0.25, 0.3) is 0 Å². The van der Waals surface area contributed by atoms with Gasteiger partial charge in [-0.15, -0.1) is 0 Å². The fourth-order valence-corrected chi connectivity index (χ4v) is 1.76. The highest BCUT2D eigenvalue weighted by Crippen LogP contribution is 2.47. The predicted molar refractivity (Wildman–Crippen MR) is 53.0 cm³/mol. The molecule has 0 bridgehead atoms. The second-order valence-electron chi connectivity index (χ2n) is 4.40. The molecule has 6 heteroatoms. The molecule has 1 heterocycles.